The van der Waals surface area contributed by atoms with Crippen LogP contribution in [0.1, 0.15) is 12.0 Å². The van der Waals surface area contributed by atoms with Crippen LogP contribution in [0.5, 0.6) is 11.5 Å². The maximum Gasteiger partial charge on any atom is 0.242 e. The Morgan fingerprint density at radius 3 is 2.74 bits per heavy atom. The van der Waals surface area contributed by atoms with Crippen LogP contribution >= 0.6 is 11.8 Å². The Bertz CT molecular complexity index is 1020. The summed E-state index contributed by atoms with van der Waals surface area (Å²) in [6, 6.07) is 12.9. The number of rotatable bonds is 8. The van der Waals surface area contributed by atoms with Gasteiger partial charge in [-0.05, 0) is 36.8 Å². The Balaban J connectivity index is 1.76. The number of aliphatic imine (C=N–C) groups is 1. The van der Waals surface area contributed by atoms with E-state index in [0.29, 0.717) is 28.9 Å². The van der Waals surface area contributed by atoms with Crippen LogP contribution in [-0.4, -0.2) is 47.9 Å². The average molecular weight is 440 g/mol. The molecule has 0 saturated carbocycles. The van der Waals surface area contributed by atoms with Gasteiger partial charge in [-0.15, -0.1) is 6.58 Å². The van der Waals surface area contributed by atoms with Crippen LogP contribution < -0.4 is 14.8 Å². The molecule has 8 heteroatoms. The Labute approximate surface area is 186 Å². The van der Waals surface area contributed by atoms with Crippen molar-refractivity contribution in [2.75, 3.05) is 26.1 Å². The van der Waals surface area contributed by atoms with Crippen molar-refractivity contribution in [1.82, 2.24) is 4.90 Å². The molecule has 7 nitrogen and oxygen atoms in total. The van der Waals surface area contributed by atoms with Crippen molar-refractivity contribution in [3.63, 3.8) is 0 Å². The van der Waals surface area contributed by atoms with Gasteiger partial charge in [-0.2, -0.15) is 0 Å². The van der Waals surface area contributed by atoms with Gasteiger partial charge in [-0.25, -0.2) is 4.99 Å². The van der Waals surface area contributed by atoms with E-state index in [9.17, 15) is 9.59 Å². The van der Waals surface area contributed by atoms with Gasteiger partial charge < -0.3 is 14.8 Å². The Kier molecular flexibility index (Phi) is 7.36. The summed E-state index contributed by atoms with van der Waals surface area (Å²) in [4.78, 5) is 31.8. The van der Waals surface area contributed by atoms with E-state index in [-0.39, 0.29) is 18.2 Å². The number of benzene rings is 2. The lowest BCUT2D eigenvalue weighted by Crippen LogP contribution is -2.33. The van der Waals surface area contributed by atoms with E-state index in [0.717, 1.165) is 11.3 Å². The van der Waals surface area contributed by atoms with Crippen molar-refractivity contribution in [3.8, 4) is 11.5 Å². The number of carbonyl (C=O) groups excluding carboxylic acids is 2. The second-order valence-corrected chi connectivity index (χ2v) is 8.07. The smallest absolute Gasteiger partial charge is 0.242 e. The number of thioether (sulfide) groups is 1. The molecule has 1 saturated heterocycles. The molecule has 0 aliphatic carbocycles. The summed E-state index contributed by atoms with van der Waals surface area (Å²) in [5.74, 6) is 0.638. The number of methoxy groups -OCH3 is 2. The topological polar surface area (TPSA) is 80.2 Å². The molecule has 1 fully saturated rings. The quantitative estimate of drug-likeness (QED) is 0.625. The first-order chi connectivity index (χ1) is 14.9. The fourth-order valence-electron chi connectivity index (χ4n) is 3.11. The van der Waals surface area contributed by atoms with Crippen LogP contribution in [-0.2, 0) is 9.59 Å². The first kappa shape index (κ1) is 22.4. The summed E-state index contributed by atoms with van der Waals surface area (Å²) >= 11 is 1.29. The van der Waals surface area contributed by atoms with Gasteiger partial charge in [0.2, 0.25) is 11.8 Å². The molecule has 31 heavy (non-hydrogen) atoms. The molecule has 1 atom stereocenters. The number of anilines is 1. The largest absolute Gasteiger partial charge is 0.497 e. The van der Waals surface area contributed by atoms with E-state index in [1.807, 2.05) is 31.2 Å². The van der Waals surface area contributed by atoms with Crippen LogP contribution in [0.25, 0.3) is 0 Å². The number of ether oxygens (including phenoxy) is 2. The van der Waals surface area contributed by atoms with Crippen LogP contribution in [0.2, 0.25) is 0 Å². The first-order valence-corrected chi connectivity index (χ1v) is 10.6. The molecule has 3 rings (SSSR count). The van der Waals surface area contributed by atoms with Crippen LogP contribution in [0.4, 0.5) is 11.4 Å². The Hall–Kier alpha value is -3.26. The highest BCUT2D eigenvalue weighted by Gasteiger charge is 2.38. The fourth-order valence-corrected chi connectivity index (χ4v) is 4.28. The van der Waals surface area contributed by atoms with Crippen molar-refractivity contribution in [2.45, 2.75) is 18.6 Å². The molecular weight excluding hydrogens is 414 g/mol. The van der Waals surface area contributed by atoms with Gasteiger partial charge in [-0.1, -0.05) is 30.0 Å². The highest BCUT2D eigenvalue weighted by molar-refractivity contribution is 8.15. The normalized spacial score (nSPS) is 17.0. The average Bonchev–Trinajstić information content (AvgIpc) is 3.02. The lowest BCUT2D eigenvalue weighted by molar-refractivity contribution is -0.127. The fraction of sp³-hybridized carbons (Fsp3) is 0.261. The summed E-state index contributed by atoms with van der Waals surface area (Å²) in [5, 5.41) is 2.81. The number of nitrogens with zero attached hydrogens (tertiary/aromatic N) is 2. The van der Waals surface area contributed by atoms with E-state index in [1.165, 1.54) is 18.9 Å². The zero-order chi connectivity index (χ0) is 22.4. The maximum absolute atomic E-state index is 12.9. The van der Waals surface area contributed by atoms with Crippen molar-refractivity contribution in [3.05, 3.63) is 60.7 Å². The van der Waals surface area contributed by atoms with Crippen molar-refractivity contribution in [2.24, 2.45) is 4.99 Å². The zero-order valence-corrected chi connectivity index (χ0v) is 18.6. The second-order valence-electron chi connectivity index (χ2n) is 6.90. The number of carbonyl (C=O) groups is 2. The summed E-state index contributed by atoms with van der Waals surface area (Å²) in [6.07, 6.45) is 1.65. The summed E-state index contributed by atoms with van der Waals surface area (Å²) in [5.41, 5.74) is 2.32. The van der Waals surface area contributed by atoms with Crippen LogP contribution in [0.3, 0.4) is 0 Å². The third-order valence-electron chi connectivity index (χ3n) is 4.61. The standard InChI is InChI=1S/C23H25N3O4S/c1-5-11-26-22(28)20(31-23(26)24-16-8-6-7-15(2)12-16)14-21(27)25-18-13-17(29-3)9-10-19(18)30-4/h5-10,12-13,20H,1,11,14H2,2-4H3,(H,25,27)/t20-/m0/s1. The van der Waals surface area contributed by atoms with Gasteiger partial charge in [0.15, 0.2) is 5.17 Å². The van der Waals surface area contributed by atoms with Gasteiger partial charge in [0, 0.05) is 19.0 Å². The highest BCUT2D eigenvalue weighted by Crippen LogP contribution is 2.33. The zero-order valence-electron chi connectivity index (χ0n) is 17.8. The Morgan fingerprint density at radius 2 is 2.06 bits per heavy atom. The molecule has 2 aromatic rings. The SMILES string of the molecule is C=CCN1C(=O)[C@H](CC(=O)Nc2cc(OC)ccc2OC)SC1=Nc1cccc(C)c1. The van der Waals surface area contributed by atoms with Crippen LogP contribution in [0, 0.1) is 6.92 Å². The molecule has 1 aliphatic rings. The third-order valence-corrected chi connectivity index (χ3v) is 5.78. The highest BCUT2D eigenvalue weighted by atomic mass is 32.2. The van der Waals surface area contributed by atoms with Gasteiger partial charge >= 0.3 is 0 Å². The molecule has 2 amide bonds. The third kappa shape index (κ3) is 5.46. The van der Waals surface area contributed by atoms with E-state index >= 15 is 0 Å². The predicted molar refractivity (Wildman–Crippen MR) is 124 cm³/mol. The number of nitrogens with one attached hydrogen (secondary N) is 1. The molecular formula is C23H25N3O4S. The summed E-state index contributed by atoms with van der Waals surface area (Å²) in [6.45, 7) is 6.04. The summed E-state index contributed by atoms with van der Waals surface area (Å²) < 4.78 is 10.5. The first-order valence-electron chi connectivity index (χ1n) is 9.71. The molecule has 1 aliphatic heterocycles. The van der Waals surface area contributed by atoms with Gasteiger partial charge in [0.1, 0.15) is 16.7 Å². The maximum atomic E-state index is 12.9. The minimum absolute atomic E-state index is 0.00431. The lowest BCUT2D eigenvalue weighted by Gasteiger charge is -2.14. The van der Waals surface area contributed by atoms with Gasteiger partial charge in [0.25, 0.3) is 0 Å². The van der Waals surface area contributed by atoms with Gasteiger partial charge in [-0.3, -0.25) is 14.5 Å². The molecule has 0 aromatic heterocycles. The van der Waals surface area contributed by atoms with E-state index in [2.05, 4.69) is 16.9 Å². The minimum Gasteiger partial charge on any atom is -0.497 e. The number of hydrogen-bond donors (Lipinski definition) is 1. The molecule has 0 unspecified atom stereocenters. The summed E-state index contributed by atoms with van der Waals surface area (Å²) in [7, 11) is 3.07. The predicted octanol–water partition coefficient (Wildman–Crippen LogP) is 4.16. The van der Waals surface area contributed by atoms with Crippen LogP contribution in [0.15, 0.2) is 60.1 Å². The van der Waals surface area contributed by atoms with E-state index in [4.69, 9.17) is 9.47 Å². The Morgan fingerprint density at radius 1 is 1.26 bits per heavy atom. The molecule has 1 heterocycles. The van der Waals surface area contributed by atoms with E-state index < -0.39 is 5.25 Å². The number of amidine groups is 1. The number of amides is 2. The van der Waals surface area contributed by atoms with Crippen molar-refractivity contribution in [1.29, 1.82) is 0 Å². The number of aryl methyl sites for hydroxylation is 1. The molecule has 1 N–H and O–H groups in total. The molecule has 0 bridgehead atoms. The molecule has 0 spiro atoms. The number of hydrogen-bond acceptors (Lipinski definition) is 6. The molecule has 162 valence electrons. The second kappa shape index (κ2) is 10.2. The minimum atomic E-state index is -0.569. The van der Waals surface area contributed by atoms with Crippen molar-refractivity contribution < 1.29 is 19.1 Å². The van der Waals surface area contributed by atoms with E-state index in [1.54, 1.807) is 36.3 Å². The van der Waals surface area contributed by atoms with Crippen molar-refractivity contribution >= 4 is 40.1 Å². The molecule has 2 aromatic carbocycles. The lowest BCUT2D eigenvalue weighted by atomic mass is 10.2. The molecule has 0 radical (unpaired) electrons. The van der Waals surface area contributed by atoms with Gasteiger partial charge in [0.05, 0.1) is 25.6 Å². The monoisotopic (exact) mass is 439 g/mol.